The third kappa shape index (κ3) is 4.39. The lowest BCUT2D eigenvalue weighted by molar-refractivity contribution is 0.0872. The minimum absolute atomic E-state index is 0.203. The Kier molecular flexibility index (Phi) is 5.85. The topological polar surface area (TPSA) is 58.2 Å². The number of anilines is 1. The molecule has 0 aliphatic rings. The Balaban J connectivity index is 1.87. The van der Waals surface area contributed by atoms with Crippen molar-refractivity contribution in [3.05, 3.63) is 86.5 Å². The molecule has 1 amide bonds. The average Bonchev–Trinajstić information content (AvgIpc) is 3.18. The summed E-state index contributed by atoms with van der Waals surface area (Å²) in [7, 11) is 0. The Morgan fingerprint density at radius 1 is 1.00 bits per heavy atom. The first-order valence-electron chi connectivity index (χ1n) is 8.01. The lowest BCUT2D eigenvalue weighted by Gasteiger charge is -2.21. The van der Waals surface area contributed by atoms with Crippen molar-refractivity contribution in [2.75, 3.05) is 5.32 Å². The first-order chi connectivity index (χ1) is 12.5. The van der Waals surface area contributed by atoms with E-state index in [2.05, 4.69) is 26.6 Å². The maximum absolute atomic E-state index is 13.0. The highest BCUT2D eigenvalue weighted by Crippen LogP contribution is 2.22. The van der Waals surface area contributed by atoms with Crippen LogP contribution in [-0.2, 0) is 0 Å². The highest BCUT2D eigenvalue weighted by Gasteiger charge is 2.23. The van der Waals surface area contributed by atoms with Crippen LogP contribution in [0.3, 0.4) is 0 Å². The molecule has 132 valence electrons. The molecule has 0 aliphatic heterocycles. The zero-order valence-corrected chi connectivity index (χ0v) is 16.4. The number of halogens is 1. The van der Waals surface area contributed by atoms with Gasteiger partial charge in [-0.1, -0.05) is 48.0 Å². The van der Waals surface area contributed by atoms with Gasteiger partial charge in [-0.25, -0.2) is 0 Å². The molecular weight excluding hydrogens is 412 g/mol. The molecule has 0 saturated heterocycles. The smallest absolute Gasteiger partial charge is 0.263 e. The number of hydrogen-bond acceptors (Lipinski definition) is 4. The molecule has 3 rings (SSSR count). The van der Waals surface area contributed by atoms with Crippen LogP contribution in [0.1, 0.15) is 25.6 Å². The molecule has 0 radical (unpaired) electrons. The van der Waals surface area contributed by atoms with Crippen molar-refractivity contribution < 1.29 is 9.59 Å². The van der Waals surface area contributed by atoms with Crippen LogP contribution in [0.4, 0.5) is 5.69 Å². The summed E-state index contributed by atoms with van der Waals surface area (Å²) in [5.74, 6) is -0.490. The second-order valence-electron chi connectivity index (χ2n) is 5.74. The van der Waals surface area contributed by atoms with Gasteiger partial charge in [-0.15, -0.1) is 11.3 Å². The van der Waals surface area contributed by atoms with E-state index in [0.29, 0.717) is 10.4 Å². The van der Waals surface area contributed by atoms with E-state index in [1.807, 2.05) is 48.7 Å². The van der Waals surface area contributed by atoms with Gasteiger partial charge in [0.15, 0.2) is 6.17 Å². The van der Waals surface area contributed by atoms with Crippen LogP contribution in [0.5, 0.6) is 0 Å². The quantitative estimate of drug-likeness (QED) is 0.434. The van der Waals surface area contributed by atoms with Crippen molar-refractivity contribution in [1.29, 1.82) is 0 Å². The maximum atomic E-state index is 13.0. The number of benzene rings is 2. The van der Waals surface area contributed by atoms with E-state index in [1.165, 1.54) is 11.3 Å². The van der Waals surface area contributed by atoms with Gasteiger partial charge in [-0.05, 0) is 46.4 Å². The van der Waals surface area contributed by atoms with Crippen LogP contribution in [-0.4, -0.2) is 17.9 Å². The largest absolute Gasteiger partial charge is 0.358 e. The molecule has 2 N–H and O–H groups in total. The summed E-state index contributed by atoms with van der Waals surface area (Å²) in [5.41, 5.74) is 2.33. The molecule has 3 aromatic rings. The zero-order chi connectivity index (χ0) is 18.5. The van der Waals surface area contributed by atoms with Crippen LogP contribution in [0.2, 0.25) is 0 Å². The van der Waals surface area contributed by atoms with Crippen molar-refractivity contribution in [1.82, 2.24) is 5.32 Å². The third-order valence-electron chi connectivity index (χ3n) is 3.79. The number of amides is 1. The lowest BCUT2D eigenvalue weighted by atomic mass is 10.1. The van der Waals surface area contributed by atoms with Crippen molar-refractivity contribution >= 4 is 44.6 Å². The Labute approximate surface area is 164 Å². The summed E-state index contributed by atoms with van der Waals surface area (Å²) in [5, 5.41) is 7.75. The summed E-state index contributed by atoms with van der Waals surface area (Å²) in [4.78, 5) is 26.0. The number of rotatable bonds is 6. The number of carbonyl (C=O) groups is 2. The number of carbonyl (C=O) groups excluding carboxylic acids is 2. The van der Waals surface area contributed by atoms with Crippen molar-refractivity contribution in [2.45, 2.75) is 13.1 Å². The Morgan fingerprint density at radius 2 is 1.73 bits per heavy atom. The number of ketones is 1. The van der Waals surface area contributed by atoms with E-state index < -0.39 is 6.17 Å². The zero-order valence-electron chi connectivity index (χ0n) is 14.0. The first kappa shape index (κ1) is 18.4. The summed E-state index contributed by atoms with van der Waals surface area (Å²) in [6, 6.07) is 18.3. The normalized spacial score (nSPS) is 11.6. The number of para-hydroxylation sites is 1. The fourth-order valence-electron chi connectivity index (χ4n) is 2.40. The lowest BCUT2D eigenvalue weighted by Crippen LogP contribution is -2.46. The van der Waals surface area contributed by atoms with Gasteiger partial charge in [-0.2, -0.15) is 0 Å². The molecule has 0 fully saturated rings. The van der Waals surface area contributed by atoms with E-state index >= 15 is 0 Å². The minimum Gasteiger partial charge on any atom is -0.358 e. The van der Waals surface area contributed by atoms with Gasteiger partial charge in [0, 0.05) is 10.0 Å². The van der Waals surface area contributed by atoms with Crippen LogP contribution in [0, 0.1) is 6.92 Å². The SMILES string of the molecule is Cc1ccc(C(=O)C(NC(=O)c2cccs2)Nc2ccccc2Br)cc1. The number of hydrogen-bond donors (Lipinski definition) is 2. The van der Waals surface area contributed by atoms with Crippen LogP contribution in [0.25, 0.3) is 0 Å². The Hall–Kier alpha value is -2.44. The first-order valence-corrected chi connectivity index (χ1v) is 9.68. The Morgan fingerprint density at radius 3 is 2.38 bits per heavy atom. The minimum atomic E-state index is -0.883. The molecule has 4 nitrogen and oxygen atoms in total. The highest BCUT2D eigenvalue weighted by atomic mass is 79.9. The molecule has 2 aromatic carbocycles. The fraction of sp³-hybridized carbons (Fsp3) is 0.100. The van der Waals surface area contributed by atoms with Crippen LogP contribution < -0.4 is 10.6 Å². The molecule has 6 heteroatoms. The van der Waals surface area contributed by atoms with E-state index in [4.69, 9.17) is 0 Å². The molecule has 1 atom stereocenters. The number of aryl methyl sites for hydroxylation is 1. The van der Waals surface area contributed by atoms with Gasteiger partial charge in [0.05, 0.1) is 10.6 Å². The Bertz CT molecular complexity index is 908. The molecule has 26 heavy (non-hydrogen) atoms. The average molecular weight is 429 g/mol. The van der Waals surface area contributed by atoms with Crippen molar-refractivity contribution in [3.63, 3.8) is 0 Å². The molecule has 1 aromatic heterocycles. The summed E-state index contributed by atoms with van der Waals surface area (Å²) >= 11 is 4.79. The van der Waals surface area contributed by atoms with E-state index in [0.717, 1.165) is 15.7 Å². The third-order valence-corrected chi connectivity index (χ3v) is 5.35. The fourth-order valence-corrected chi connectivity index (χ4v) is 3.42. The number of thiophene rings is 1. The molecule has 0 bridgehead atoms. The summed E-state index contributed by atoms with van der Waals surface area (Å²) < 4.78 is 0.812. The predicted octanol–water partition coefficient (Wildman–Crippen LogP) is 4.87. The summed E-state index contributed by atoms with van der Waals surface area (Å²) in [6.45, 7) is 1.96. The standard InChI is InChI=1S/C20H17BrN2O2S/c1-13-8-10-14(11-9-13)18(24)19(22-16-6-3-2-5-15(16)21)23-20(25)17-7-4-12-26-17/h2-12,19,22H,1H3,(H,23,25). The number of Topliss-reactive ketones (excluding diaryl/α,β-unsaturated/α-hetero) is 1. The van der Waals surface area contributed by atoms with E-state index in [-0.39, 0.29) is 11.7 Å². The molecule has 0 spiro atoms. The monoisotopic (exact) mass is 428 g/mol. The predicted molar refractivity (Wildman–Crippen MR) is 109 cm³/mol. The van der Waals surface area contributed by atoms with E-state index in [9.17, 15) is 9.59 Å². The maximum Gasteiger partial charge on any atom is 0.263 e. The van der Waals surface area contributed by atoms with Gasteiger partial charge >= 0.3 is 0 Å². The van der Waals surface area contributed by atoms with Crippen molar-refractivity contribution in [2.24, 2.45) is 0 Å². The molecular formula is C20H17BrN2O2S. The van der Waals surface area contributed by atoms with Gasteiger partial charge in [0.2, 0.25) is 5.78 Å². The molecule has 1 heterocycles. The molecule has 0 aliphatic carbocycles. The highest BCUT2D eigenvalue weighted by molar-refractivity contribution is 9.10. The van der Waals surface area contributed by atoms with Crippen LogP contribution >= 0.6 is 27.3 Å². The number of nitrogens with one attached hydrogen (secondary N) is 2. The molecule has 1 unspecified atom stereocenters. The van der Waals surface area contributed by atoms with Gasteiger partial charge < -0.3 is 10.6 Å². The van der Waals surface area contributed by atoms with Gasteiger partial charge in [-0.3, -0.25) is 9.59 Å². The van der Waals surface area contributed by atoms with Crippen molar-refractivity contribution in [3.8, 4) is 0 Å². The second kappa shape index (κ2) is 8.29. The van der Waals surface area contributed by atoms with Gasteiger partial charge in [0.1, 0.15) is 0 Å². The van der Waals surface area contributed by atoms with E-state index in [1.54, 1.807) is 24.3 Å². The molecule has 0 saturated carbocycles. The van der Waals surface area contributed by atoms with Crippen LogP contribution in [0.15, 0.2) is 70.5 Å². The van der Waals surface area contributed by atoms with Gasteiger partial charge in [0.25, 0.3) is 5.91 Å². The summed E-state index contributed by atoms with van der Waals surface area (Å²) in [6.07, 6.45) is -0.883. The second-order valence-corrected chi connectivity index (χ2v) is 7.54.